The third kappa shape index (κ3) is 1.48. The molecule has 1 atom stereocenters. The Morgan fingerprint density at radius 2 is 2.50 bits per heavy atom. The van der Waals surface area contributed by atoms with E-state index in [1.54, 1.807) is 19.3 Å². The molecule has 7 heteroatoms. The van der Waals surface area contributed by atoms with E-state index in [1.165, 1.54) is 4.52 Å². The number of alkyl halides is 1. The SMILES string of the molecule is CC(CF)Nc1nccn2nnnc12. The van der Waals surface area contributed by atoms with Gasteiger partial charge in [-0.25, -0.2) is 9.37 Å². The van der Waals surface area contributed by atoms with Crippen LogP contribution in [-0.2, 0) is 0 Å². The van der Waals surface area contributed by atoms with Gasteiger partial charge in [-0.15, -0.1) is 5.10 Å². The lowest BCUT2D eigenvalue weighted by atomic mass is 10.4. The molecule has 0 amide bonds. The largest absolute Gasteiger partial charge is 0.362 e. The van der Waals surface area contributed by atoms with E-state index in [-0.39, 0.29) is 6.04 Å². The van der Waals surface area contributed by atoms with Gasteiger partial charge < -0.3 is 5.32 Å². The van der Waals surface area contributed by atoms with E-state index in [1.807, 2.05) is 0 Å². The molecular formula is C7H9FN6. The highest BCUT2D eigenvalue weighted by Crippen LogP contribution is 2.09. The van der Waals surface area contributed by atoms with Crippen molar-refractivity contribution in [3.63, 3.8) is 0 Å². The number of nitrogens with one attached hydrogen (secondary N) is 1. The van der Waals surface area contributed by atoms with Crippen LogP contribution in [-0.4, -0.2) is 37.7 Å². The van der Waals surface area contributed by atoms with Crippen LogP contribution in [0.5, 0.6) is 0 Å². The fourth-order valence-corrected chi connectivity index (χ4v) is 1.05. The van der Waals surface area contributed by atoms with Gasteiger partial charge in [0.25, 0.3) is 0 Å². The first-order valence-electron chi connectivity index (χ1n) is 4.16. The molecule has 0 spiro atoms. The Balaban J connectivity index is 2.36. The molecule has 0 aliphatic carbocycles. The molecule has 1 N–H and O–H groups in total. The lowest BCUT2D eigenvalue weighted by molar-refractivity contribution is 0.459. The lowest BCUT2D eigenvalue weighted by Crippen LogP contribution is -2.18. The number of nitrogens with zero attached hydrogens (tertiary/aromatic N) is 5. The maximum Gasteiger partial charge on any atom is 0.221 e. The minimum Gasteiger partial charge on any atom is -0.362 e. The molecule has 6 nitrogen and oxygen atoms in total. The van der Waals surface area contributed by atoms with E-state index < -0.39 is 6.67 Å². The van der Waals surface area contributed by atoms with Crippen LogP contribution >= 0.6 is 0 Å². The van der Waals surface area contributed by atoms with Crippen molar-refractivity contribution in [3.8, 4) is 0 Å². The molecule has 1 unspecified atom stereocenters. The number of fused-ring (bicyclic) bond motifs is 1. The average molecular weight is 196 g/mol. The van der Waals surface area contributed by atoms with Gasteiger partial charge in [0.05, 0.1) is 12.2 Å². The second-order valence-corrected chi connectivity index (χ2v) is 2.92. The van der Waals surface area contributed by atoms with E-state index in [0.717, 1.165) is 0 Å². The molecule has 2 rings (SSSR count). The van der Waals surface area contributed by atoms with Crippen molar-refractivity contribution in [2.75, 3.05) is 12.0 Å². The van der Waals surface area contributed by atoms with Gasteiger partial charge in [-0.2, -0.15) is 4.52 Å². The van der Waals surface area contributed by atoms with Crippen molar-refractivity contribution in [1.82, 2.24) is 25.0 Å². The first-order chi connectivity index (χ1) is 6.81. The van der Waals surface area contributed by atoms with E-state index >= 15 is 0 Å². The van der Waals surface area contributed by atoms with E-state index in [4.69, 9.17) is 0 Å². The Morgan fingerprint density at radius 3 is 3.29 bits per heavy atom. The lowest BCUT2D eigenvalue weighted by Gasteiger charge is -2.09. The van der Waals surface area contributed by atoms with Gasteiger partial charge >= 0.3 is 0 Å². The topological polar surface area (TPSA) is 68.0 Å². The van der Waals surface area contributed by atoms with Crippen LogP contribution in [0.1, 0.15) is 6.92 Å². The summed E-state index contributed by atoms with van der Waals surface area (Å²) in [6.07, 6.45) is 3.18. The van der Waals surface area contributed by atoms with Crippen LogP contribution in [0.4, 0.5) is 10.2 Å². The number of anilines is 1. The Bertz CT molecular complexity index is 427. The van der Waals surface area contributed by atoms with Gasteiger partial charge in [-0.3, -0.25) is 0 Å². The third-order valence-corrected chi connectivity index (χ3v) is 1.73. The summed E-state index contributed by atoms with van der Waals surface area (Å²) in [7, 11) is 0. The minimum absolute atomic E-state index is 0.301. The number of hydrogen-bond donors (Lipinski definition) is 1. The third-order valence-electron chi connectivity index (χ3n) is 1.73. The zero-order valence-electron chi connectivity index (χ0n) is 7.55. The first kappa shape index (κ1) is 8.79. The van der Waals surface area contributed by atoms with Crippen molar-refractivity contribution in [2.45, 2.75) is 13.0 Å². The highest BCUT2D eigenvalue weighted by molar-refractivity contribution is 5.60. The molecule has 0 aliphatic rings. The summed E-state index contributed by atoms with van der Waals surface area (Å²) in [5, 5.41) is 13.8. The van der Waals surface area contributed by atoms with Crippen LogP contribution in [0, 0.1) is 0 Å². The molecule has 14 heavy (non-hydrogen) atoms. The number of rotatable bonds is 3. The molecule has 0 radical (unpaired) electrons. The smallest absolute Gasteiger partial charge is 0.221 e. The Labute approximate surface area is 79.1 Å². The van der Waals surface area contributed by atoms with Crippen LogP contribution in [0.15, 0.2) is 12.4 Å². The quantitative estimate of drug-likeness (QED) is 0.764. The van der Waals surface area contributed by atoms with Crippen molar-refractivity contribution in [2.24, 2.45) is 0 Å². The zero-order valence-corrected chi connectivity index (χ0v) is 7.55. The highest BCUT2D eigenvalue weighted by Gasteiger charge is 2.08. The van der Waals surface area contributed by atoms with Gasteiger partial charge in [0.1, 0.15) is 6.67 Å². The maximum atomic E-state index is 12.2. The molecule has 0 saturated heterocycles. The monoisotopic (exact) mass is 196 g/mol. The van der Waals surface area contributed by atoms with Crippen LogP contribution in [0.2, 0.25) is 0 Å². The Kier molecular flexibility index (Phi) is 2.21. The molecule has 74 valence electrons. The molecule has 2 aromatic rings. The minimum atomic E-state index is -0.468. The van der Waals surface area contributed by atoms with Crippen LogP contribution in [0.25, 0.3) is 5.65 Å². The molecular weight excluding hydrogens is 187 g/mol. The van der Waals surface area contributed by atoms with Crippen LogP contribution < -0.4 is 5.32 Å². The number of halogens is 1. The number of tetrazole rings is 1. The highest BCUT2D eigenvalue weighted by atomic mass is 19.1. The molecule has 0 bridgehead atoms. The fraction of sp³-hybridized carbons (Fsp3) is 0.429. The molecule has 0 aromatic carbocycles. The molecule has 0 fully saturated rings. The normalized spacial score (nSPS) is 13.0. The van der Waals surface area contributed by atoms with Crippen molar-refractivity contribution >= 4 is 11.5 Å². The maximum absolute atomic E-state index is 12.2. The van der Waals surface area contributed by atoms with Crippen molar-refractivity contribution in [1.29, 1.82) is 0 Å². The second-order valence-electron chi connectivity index (χ2n) is 2.92. The summed E-state index contributed by atoms with van der Waals surface area (Å²) in [6, 6.07) is -0.301. The van der Waals surface area contributed by atoms with Crippen molar-refractivity contribution in [3.05, 3.63) is 12.4 Å². The Hall–Kier alpha value is -1.79. The summed E-state index contributed by atoms with van der Waals surface area (Å²) in [6.45, 7) is 1.25. The fourth-order valence-electron chi connectivity index (χ4n) is 1.05. The predicted molar refractivity (Wildman–Crippen MR) is 47.6 cm³/mol. The number of aromatic nitrogens is 5. The molecule has 0 aliphatic heterocycles. The summed E-state index contributed by atoms with van der Waals surface area (Å²) >= 11 is 0. The molecule has 2 heterocycles. The summed E-state index contributed by atoms with van der Waals surface area (Å²) in [4.78, 5) is 4.03. The number of hydrogen-bond acceptors (Lipinski definition) is 5. The van der Waals surface area contributed by atoms with Gasteiger partial charge in [-0.05, 0) is 17.4 Å². The summed E-state index contributed by atoms with van der Waals surface area (Å²) < 4.78 is 13.7. The predicted octanol–water partition coefficient (Wildman–Crippen LogP) is 0.289. The molecule has 2 aromatic heterocycles. The summed E-state index contributed by atoms with van der Waals surface area (Å²) in [5.41, 5.74) is 0.493. The summed E-state index contributed by atoms with van der Waals surface area (Å²) in [5.74, 6) is 0.489. The van der Waals surface area contributed by atoms with Gasteiger partial charge in [-0.1, -0.05) is 0 Å². The first-order valence-corrected chi connectivity index (χ1v) is 4.16. The standard InChI is InChI=1S/C7H9FN6/c1-5(4-8)10-6-7-11-12-13-14(7)3-2-9-6/h2-3,5H,4H2,1H3,(H,9,10). The van der Waals surface area contributed by atoms with E-state index in [9.17, 15) is 4.39 Å². The van der Waals surface area contributed by atoms with E-state index in [0.29, 0.717) is 11.5 Å². The Morgan fingerprint density at radius 1 is 1.64 bits per heavy atom. The second kappa shape index (κ2) is 3.52. The van der Waals surface area contributed by atoms with Crippen LogP contribution in [0.3, 0.4) is 0 Å². The van der Waals surface area contributed by atoms with Crippen molar-refractivity contribution < 1.29 is 4.39 Å². The zero-order chi connectivity index (χ0) is 9.97. The molecule has 0 saturated carbocycles. The van der Waals surface area contributed by atoms with Gasteiger partial charge in [0.15, 0.2) is 5.82 Å². The van der Waals surface area contributed by atoms with Gasteiger partial charge in [0, 0.05) is 6.20 Å². The van der Waals surface area contributed by atoms with Gasteiger partial charge in [0.2, 0.25) is 5.65 Å². The average Bonchev–Trinajstić information content (AvgIpc) is 2.66. The van der Waals surface area contributed by atoms with E-state index in [2.05, 4.69) is 25.8 Å².